The number of carbonyl (C=O) groups is 1. The van der Waals surface area contributed by atoms with Gasteiger partial charge in [-0.1, -0.05) is 23.5 Å². The number of nitrogens with zero attached hydrogens (tertiary/aromatic N) is 3. The van der Waals surface area contributed by atoms with Crippen molar-refractivity contribution in [2.24, 2.45) is 7.05 Å². The van der Waals surface area contributed by atoms with E-state index in [0.717, 1.165) is 5.03 Å². The molecule has 0 atom stereocenters. The molecule has 0 saturated carbocycles. The topological polar surface area (TPSA) is 47.8 Å². The van der Waals surface area contributed by atoms with Gasteiger partial charge in [0, 0.05) is 14.0 Å². The molecule has 4 nitrogen and oxygen atoms in total. The van der Waals surface area contributed by atoms with Crippen LogP contribution in [0, 0.1) is 0 Å². The van der Waals surface area contributed by atoms with Crippen molar-refractivity contribution in [1.29, 1.82) is 0 Å². The summed E-state index contributed by atoms with van der Waals surface area (Å²) in [6, 6.07) is 0. The van der Waals surface area contributed by atoms with Gasteiger partial charge in [-0.25, -0.2) is 0 Å². The van der Waals surface area contributed by atoms with Crippen LogP contribution in [0.4, 0.5) is 0 Å². The molecule has 66 valence electrons. The number of thioether (sulfide) groups is 2. The molecule has 6 heteroatoms. The lowest BCUT2D eigenvalue weighted by molar-refractivity contribution is -0.109. The Morgan fingerprint density at radius 1 is 1.75 bits per heavy atom. The van der Waals surface area contributed by atoms with Crippen LogP contribution in [0.25, 0.3) is 0 Å². The predicted octanol–water partition coefficient (Wildman–Crippen LogP) is 1.14. The highest BCUT2D eigenvalue weighted by atomic mass is 32.2. The van der Waals surface area contributed by atoms with Gasteiger partial charge in [0.05, 0.1) is 11.3 Å². The first-order chi connectivity index (χ1) is 5.68. The summed E-state index contributed by atoms with van der Waals surface area (Å²) in [5.74, 6) is 0. The Labute approximate surface area is 79.1 Å². The van der Waals surface area contributed by atoms with Crippen molar-refractivity contribution < 1.29 is 4.79 Å². The summed E-state index contributed by atoms with van der Waals surface area (Å²) < 4.78 is 0. The van der Waals surface area contributed by atoms with Gasteiger partial charge in [0.1, 0.15) is 5.03 Å². The minimum atomic E-state index is 0.131. The molecule has 0 amide bonds. The van der Waals surface area contributed by atoms with Crippen LogP contribution in [0.3, 0.4) is 0 Å². The van der Waals surface area contributed by atoms with Gasteiger partial charge in [0.25, 0.3) is 0 Å². The molecule has 0 aliphatic rings. The molecule has 0 aliphatic heterocycles. The second kappa shape index (κ2) is 4.51. The normalized spacial score (nSPS) is 10.2. The van der Waals surface area contributed by atoms with Crippen molar-refractivity contribution in [3.05, 3.63) is 6.20 Å². The zero-order valence-corrected chi connectivity index (χ0v) is 8.48. The van der Waals surface area contributed by atoms with E-state index in [1.807, 2.05) is 0 Å². The maximum Gasteiger partial charge on any atom is 0.186 e. The van der Waals surface area contributed by atoms with Crippen LogP contribution in [0.5, 0.6) is 0 Å². The van der Waals surface area contributed by atoms with Gasteiger partial charge in [-0.05, 0) is 0 Å². The van der Waals surface area contributed by atoms with Crippen LogP contribution in [0.1, 0.15) is 6.92 Å². The van der Waals surface area contributed by atoms with Crippen LogP contribution >= 0.6 is 23.5 Å². The third-order valence-electron chi connectivity index (χ3n) is 1.05. The van der Waals surface area contributed by atoms with Crippen molar-refractivity contribution in [2.75, 3.05) is 5.08 Å². The molecule has 0 fully saturated rings. The highest BCUT2D eigenvalue weighted by Gasteiger charge is 1.99. The quantitative estimate of drug-likeness (QED) is 0.544. The molecule has 0 bridgehead atoms. The second-order valence-electron chi connectivity index (χ2n) is 2.07. The molecular weight excluding hydrogens is 194 g/mol. The van der Waals surface area contributed by atoms with Gasteiger partial charge in [-0.15, -0.1) is 5.10 Å². The van der Waals surface area contributed by atoms with Gasteiger partial charge in [-0.3, -0.25) is 4.79 Å². The number of rotatable bonds is 3. The van der Waals surface area contributed by atoms with Crippen LogP contribution < -0.4 is 0 Å². The van der Waals surface area contributed by atoms with E-state index < -0.39 is 0 Å². The van der Waals surface area contributed by atoms with Crippen molar-refractivity contribution in [3.63, 3.8) is 0 Å². The molecule has 1 aromatic rings. The lowest BCUT2D eigenvalue weighted by Gasteiger charge is -1.92. The molecule has 12 heavy (non-hydrogen) atoms. The lowest BCUT2D eigenvalue weighted by Crippen LogP contribution is -1.91. The summed E-state index contributed by atoms with van der Waals surface area (Å²) in [5, 5.41) is 9.64. The zero-order valence-electron chi connectivity index (χ0n) is 6.85. The average Bonchev–Trinajstić information content (AvgIpc) is 2.35. The van der Waals surface area contributed by atoms with Crippen LogP contribution in [-0.4, -0.2) is 25.2 Å². The number of aromatic nitrogens is 3. The van der Waals surface area contributed by atoms with E-state index in [1.165, 1.54) is 28.3 Å². The highest BCUT2D eigenvalue weighted by molar-refractivity contribution is 8.23. The minimum Gasteiger partial charge on any atom is -0.288 e. The maximum atomic E-state index is 10.5. The second-order valence-corrected chi connectivity index (χ2v) is 4.58. The zero-order chi connectivity index (χ0) is 8.97. The Balaban J connectivity index is 2.29. The first-order valence-corrected chi connectivity index (χ1v) is 5.28. The third kappa shape index (κ3) is 3.27. The monoisotopic (exact) mass is 203 g/mol. The average molecular weight is 203 g/mol. The van der Waals surface area contributed by atoms with Crippen molar-refractivity contribution in [2.45, 2.75) is 11.9 Å². The first kappa shape index (κ1) is 9.60. The fourth-order valence-electron chi connectivity index (χ4n) is 0.566. The van der Waals surface area contributed by atoms with Crippen molar-refractivity contribution in [1.82, 2.24) is 15.0 Å². The van der Waals surface area contributed by atoms with Gasteiger partial charge >= 0.3 is 0 Å². The molecule has 0 aromatic carbocycles. The molecule has 1 heterocycles. The Morgan fingerprint density at radius 2 is 2.50 bits per heavy atom. The molecule has 1 aromatic heterocycles. The molecule has 1 rings (SSSR count). The first-order valence-electron chi connectivity index (χ1n) is 3.31. The minimum absolute atomic E-state index is 0.131. The van der Waals surface area contributed by atoms with E-state index >= 15 is 0 Å². The Hall–Kier alpha value is -0.490. The van der Waals surface area contributed by atoms with E-state index in [0.29, 0.717) is 5.08 Å². The van der Waals surface area contributed by atoms with E-state index in [4.69, 9.17) is 0 Å². The standard InChI is InChI=1S/C6H9N3OS2/c1-5(10)11-4-12-6-3-7-9(2)8-6/h3H,4H2,1-2H3. The van der Waals surface area contributed by atoms with E-state index in [9.17, 15) is 4.79 Å². The molecule has 0 aliphatic carbocycles. The molecule has 0 spiro atoms. The van der Waals surface area contributed by atoms with Gasteiger partial charge in [-0.2, -0.15) is 9.90 Å². The summed E-state index contributed by atoms with van der Waals surface area (Å²) in [6.45, 7) is 1.56. The van der Waals surface area contributed by atoms with Crippen LogP contribution in [0.2, 0.25) is 0 Å². The number of hydrogen-bond donors (Lipinski definition) is 0. The smallest absolute Gasteiger partial charge is 0.186 e. The van der Waals surface area contributed by atoms with Crippen LogP contribution in [0.15, 0.2) is 11.2 Å². The van der Waals surface area contributed by atoms with Crippen LogP contribution in [-0.2, 0) is 11.8 Å². The highest BCUT2D eigenvalue weighted by Crippen LogP contribution is 2.19. The molecule has 0 N–H and O–H groups in total. The van der Waals surface area contributed by atoms with Gasteiger partial charge in [0.2, 0.25) is 0 Å². The van der Waals surface area contributed by atoms with E-state index in [-0.39, 0.29) is 5.12 Å². The predicted molar refractivity (Wildman–Crippen MR) is 50.0 cm³/mol. The summed E-state index contributed by atoms with van der Waals surface area (Å²) in [5.41, 5.74) is 0. The SMILES string of the molecule is CC(=O)SCSc1cnn(C)n1. The summed E-state index contributed by atoms with van der Waals surface area (Å²) in [4.78, 5) is 12.0. The Morgan fingerprint density at radius 3 is 3.00 bits per heavy atom. The fraction of sp³-hybridized carbons (Fsp3) is 0.500. The summed E-state index contributed by atoms with van der Waals surface area (Å²) in [7, 11) is 1.77. The Kier molecular flexibility index (Phi) is 3.61. The molecule has 0 unspecified atom stereocenters. The number of hydrogen-bond acceptors (Lipinski definition) is 5. The van der Waals surface area contributed by atoms with Crippen molar-refractivity contribution >= 4 is 28.6 Å². The third-order valence-corrected chi connectivity index (χ3v) is 2.88. The number of carbonyl (C=O) groups excluding carboxylic acids is 1. The van der Waals surface area contributed by atoms with Gasteiger partial charge in [0.15, 0.2) is 5.12 Å². The Bertz CT molecular complexity index is 274. The largest absolute Gasteiger partial charge is 0.288 e. The molecule has 0 radical (unpaired) electrons. The molecule has 0 saturated heterocycles. The lowest BCUT2D eigenvalue weighted by atomic mass is 10.9. The molecular formula is C6H9N3OS2. The summed E-state index contributed by atoms with van der Waals surface area (Å²) in [6.07, 6.45) is 1.69. The summed E-state index contributed by atoms with van der Waals surface area (Å²) >= 11 is 2.80. The van der Waals surface area contributed by atoms with E-state index in [1.54, 1.807) is 20.2 Å². The fourth-order valence-corrected chi connectivity index (χ4v) is 2.25. The maximum absolute atomic E-state index is 10.5. The van der Waals surface area contributed by atoms with Gasteiger partial charge < -0.3 is 0 Å². The van der Waals surface area contributed by atoms with Crippen molar-refractivity contribution in [3.8, 4) is 0 Å². The van der Waals surface area contributed by atoms with E-state index in [2.05, 4.69) is 10.2 Å². The number of aryl methyl sites for hydroxylation is 1.